The molecule has 3 heterocycles. The van der Waals surface area contributed by atoms with Gasteiger partial charge in [0.1, 0.15) is 22.3 Å². The fraction of sp³-hybridized carbons (Fsp3) is 0. The van der Waals surface area contributed by atoms with E-state index in [1.165, 1.54) is 21.5 Å². The first-order valence-electron chi connectivity index (χ1n) is 20.8. The van der Waals surface area contributed by atoms with Crippen LogP contribution in [-0.4, -0.2) is 15.0 Å². The van der Waals surface area contributed by atoms with Gasteiger partial charge in [0, 0.05) is 43.6 Å². The molecule has 0 aliphatic rings. The molecule has 0 saturated carbocycles. The summed E-state index contributed by atoms with van der Waals surface area (Å²) in [5.41, 5.74) is 10.5. The quantitative estimate of drug-likeness (QED) is 0.162. The summed E-state index contributed by atoms with van der Waals surface area (Å²) >= 11 is 0. The van der Waals surface area contributed by atoms with Gasteiger partial charge in [-0.15, -0.1) is 0 Å². The molecule has 10 aromatic carbocycles. The van der Waals surface area contributed by atoms with Crippen LogP contribution in [0, 0.1) is 0 Å². The number of fused-ring (bicyclic) bond motifs is 11. The van der Waals surface area contributed by atoms with Crippen molar-refractivity contribution in [1.82, 2.24) is 15.0 Å². The Kier molecular flexibility index (Phi) is 7.54. The summed E-state index contributed by atoms with van der Waals surface area (Å²) in [5.74, 6) is 1.74. The summed E-state index contributed by atoms with van der Waals surface area (Å²) in [6, 6.07) is 69.9. The summed E-state index contributed by atoms with van der Waals surface area (Å²) < 4.78 is 12.9. The number of hydrogen-bond acceptors (Lipinski definition) is 5. The van der Waals surface area contributed by atoms with Gasteiger partial charge in [-0.25, -0.2) is 15.0 Å². The molecule has 62 heavy (non-hydrogen) atoms. The van der Waals surface area contributed by atoms with Crippen molar-refractivity contribution in [2.24, 2.45) is 0 Å². The Morgan fingerprint density at radius 3 is 1.63 bits per heavy atom. The topological polar surface area (TPSA) is 65.0 Å². The maximum Gasteiger partial charge on any atom is 0.164 e. The highest BCUT2D eigenvalue weighted by Gasteiger charge is 2.19. The number of benzene rings is 10. The van der Waals surface area contributed by atoms with E-state index in [0.29, 0.717) is 17.5 Å². The summed E-state index contributed by atoms with van der Waals surface area (Å²) in [7, 11) is 0. The first-order valence-corrected chi connectivity index (χ1v) is 20.8. The lowest BCUT2D eigenvalue weighted by molar-refractivity contribution is 0.669. The summed E-state index contributed by atoms with van der Waals surface area (Å²) in [5, 5.41) is 11.3. The largest absolute Gasteiger partial charge is 0.456 e. The molecule has 0 spiro atoms. The minimum absolute atomic E-state index is 0.576. The number of hydrogen-bond donors (Lipinski definition) is 0. The minimum Gasteiger partial charge on any atom is -0.456 e. The zero-order valence-electron chi connectivity index (χ0n) is 33.2. The maximum absolute atomic E-state index is 6.48. The zero-order chi connectivity index (χ0) is 40.7. The first kappa shape index (κ1) is 34.5. The second-order valence-corrected chi connectivity index (χ2v) is 15.9. The molecule has 0 unspecified atom stereocenters. The van der Waals surface area contributed by atoms with Crippen molar-refractivity contribution < 1.29 is 8.83 Å². The Labute approximate surface area is 355 Å². The van der Waals surface area contributed by atoms with Crippen molar-refractivity contribution in [3.05, 3.63) is 200 Å². The predicted molar refractivity (Wildman–Crippen MR) is 254 cm³/mol. The molecule has 3 aromatic heterocycles. The van der Waals surface area contributed by atoms with Gasteiger partial charge in [0.25, 0.3) is 0 Å². The van der Waals surface area contributed by atoms with Crippen LogP contribution in [0.15, 0.2) is 209 Å². The van der Waals surface area contributed by atoms with Crippen LogP contribution < -0.4 is 0 Å². The molecule has 0 bridgehead atoms. The number of rotatable bonds is 5. The van der Waals surface area contributed by atoms with Crippen molar-refractivity contribution in [2.75, 3.05) is 0 Å². The molecule has 0 radical (unpaired) electrons. The lowest BCUT2D eigenvalue weighted by Gasteiger charge is -2.10. The molecule has 5 nitrogen and oxygen atoms in total. The van der Waals surface area contributed by atoms with E-state index in [4.69, 9.17) is 23.8 Å². The third-order valence-electron chi connectivity index (χ3n) is 12.3. The Hall–Kier alpha value is -8.41. The molecule has 288 valence electrons. The van der Waals surface area contributed by atoms with Gasteiger partial charge in [0.15, 0.2) is 17.5 Å². The average Bonchev–Trinajstić information content (AvgIpc) is 3.92. The van der Waals surface area contributed by atoms with E-state index in [1.54, 1.807) is 0 Å². The molecule has 0 atom stereocenters. The maximum atomic E-state index is 6.48. The van der Waals surface area contributed by atoms with Gasteiger partial charge in [-0.1, -0.05) is 146 Å². The van der Waals surface area contributed by atoms with Crippen LogP contribution >= 0.6 is 0 Å². The minimum atomic E-state index is 0.576. The van der Waals surface area contributed by atoms with Crippen LogP contribution in [0.4, 0.5) is 0 Å². The van der Waals surface area contributed by atoms with Crippen LogP contribution in [-0.2, 0) is 0 Å². The van der Waals surface area contributed by atoms with Crippen LogP contribution in [0.5, 0.6) is 0 Å². The van der Waals surface area contributed by atoms with Crippen molar-refractivity contribution in [3.63, 3.8) is 0 Å². The fourth-order valence-electron chi connectivity index (χ4n) is 9.24. The SMILES string of the molecule is c1ccc(-c2cccc3oc4ccc(-c5nc(-c6ccc(-c7ccc8c(ccc9ccccc98)c7)cc6)nc(-c6ccc7oc8c9ccccc9ccc8c7c6)n5)cc4c23)cc1. The van der Waals surface area contributed by atoms with Gasteiger partial charge >= 0.3 is 0 Å². The second-order valence-electron chi connectivity index (χ2n) is 15.9. The third-order valence-corrected chi connectivity index (χ3v) is 12.3. The lowest BCUT2D eigenvalue weighted by atomic mass is 9.97. The van der Waals surface area contributed by atoms with E-state index in [9.17, 15) is 0 Å². The Morgan fingerprint density at radius 2 is 0.839 bits per heavy atom. The van der Waals surface area contributed by atoms with Crippen LogP contribution in [0.25, 0.3) is 133 Å². The number of nitrogens with zero attached hydrogens (tertiary/aromatic N) is 3. The lowest BCUT2D eigenvalue weighted by Crippen LogP contribution is -2.00. The normalized spacial score (nSPS) is 11.9. The van der Waals surface area contributed by atoms with E-state index in [-0.39, 0.29) is 0 Å². The highest BCUT2D eigenvalue weighted by molar-refractivity contribution is 6.16. The number of furan rings is 2. The molecular weight excluding hydrogens is 759 g/mol. The molecule has 0 fully saturated rings. The molecule has 0 amide bonds. The van der Waals surface area contributed by atoms with E-state index < -0.39 is 0 Å². The Morgan fingerprint density at radius 1 is 0.274 bits per heavy atom. The molecule has 5 heteroatoms. The smallest absolute Gasteiger partial charge is 0.164 e. The van der Waals surface area contributed by atoms with E-state index in [0.717, 1.165) is 93.6 Å². The van der Waals surface area contributed by atoms with E-state index in [2.05, 4.69) is 158 Å². The molecule has 13 rings (SSSR count). The highest BCUT2D eigenvalue weighted by atomic mass is 16.3. The van der Waals surface area contributed by atoms with Crippen molar-refractivity contribution >= 4 is 76.2 Å². The van der Waals surface area contributed by atoms with E-state index >= 15 is 0 Å². The van der Waals surface area contributed by atoms with Gasteiger partial charge < -0.3 is 8.83 Å². The standard InChI is InChI=1S/C57H33N3O2/c1-2-9-35(10-3-1)45-15-8-16-52-53(45)49-33-42(26-30-51(49)61-52)57-59-55(38-20-17-34(18-21-38)39-24-27-44-40(31-39)22-19-36-11-4-6-13-43(36)44)58-56(60-57)41-25-29-50-48(32-41)47-28-23-37-12-5-7-14-46(37)54(47)62-50/h1-33H. The van der Waals surface area contributed by atoms with Crippen LogP contribution in [0.3, 0.4) is 0 Å². The average molecular weight is 792 g/mol. The van der Waals surface area contributed by atoms with Crippen molar-refractivity contribution in [1.29, 1.82) is 0 Å². The summed E-state index contributed by atoms with van der Waals surface area (Å²) in [4.78, 5) is 15.6. The summed E-state index contributed by atoms with van der Waals surface area (Å²) in [6.45, 7) is 0. The molecule has 13 aromatic rings. The zero-order valence-corrected chi connectivity index (χ0v) is 33.2. The van der Waals surface area contributed by atoms with Crippen LogP contribution in [0.1, 0.15) is 0 Å². The first-order chi connectivity index (χ1) is 30.7. The third kappa shape index (κ3) is 5.52. The Balaban J connectivity index is 0.963. The van der Waals surface area contributed by atoms with Gasteiger partial charge in [0.2, 0.25) is 0 Å². The second kappa shape index (κ2) is 13.6. The van der Waals surface area contributed by atoms with Gasteiger partial charge in [-0.05, 0) is 104 Å². The van der Waals surface area contributed by atoms with Gasteiger partial charge in [0.05, 0.1) is 0 Å². The van der Waals surface area contributed by atoms with Crippen molar-refractivity contribution in [2.45, 2.75) is 0 Å². The molecule has 0 aliphatic carbocycles. The van der Waals surface area contributed by atoms with Gasteiger partial charge in [-0.3, -0.25) is 0 Å². The number of aromatic nitrogens is 3. The van der Waals surface area contributed by atoms with E-state index in [1.807, 2.05) is 42.5 Å². The van der Waals surface area contributed by atoms with Gasteiger partial charge in [-0.2, -0.15) is 0 Å². The molecule has 0 N–H and O–H groups in total. The van der Waals surface area contributed by atoms with Crippen molar-refractivity contribution in [3.8, 4) is 56.4 Å². The fourth-order valence-corrected chi connectivity index (χ4v) is 9.24. The van der Waals surface area contributed by atoms with Crippen LogP contribution in [0.2, 0.25) is 0 Å². The molecular formula is C57H33N3O2. The molecule has 0 saturated heterocycles. The summed E-state index contributed by atoms with van der Waals surface area (Å²) in [6.07, 6.45) is 0. The molecule has 0 aliphatic heterocycles. The Bertz CT molecular complexity index is 3920. The predicted octanol–water partition coefficient (Wildman–Crippen LogP) is 15.5. The monoisotopic (exact) mass is 791 g/mol. The highest BCUT2D eigenvalue weighted by Crippen LogP contribution is 2.40.